The van der Waals surface area contributed by atoms with E-state index < -0.39 is 0 Å². The number of rotatable bonds is 5. The second-order valence-electron chi connectivity index (χ2n) is 5.31. The molecule has 0 radical (unpaired) electrons. The normalized spacial score (nSPS) is 20.1. The summed E-state index contributed by atoms with van der Waals surface area (Å²) >= 11 is 0. The second kappa shape index (κ2) is 5.60. The number of hydrogen-bond donors (Lipinski definition) is 1. The monoisotopic (exact) mass is 286 g/mol. The lowest BCUT2D eigenvalue weighted by molar-refractivity contribution is -0.122. The Morgan fingerprint density at radius 3 is 3.10 bits per heavy atom. The number of amides is 1. The predicted molar refractivity (Wildman–Crippen MR) is 76.9 cm³/mol. The van der Waals surface area contributed by atoms with E-state index in [9.17, 15) is 4.79 Å². The Morgan fingerprint density at radius 2 is 2.38 bits per heavy atom. The zero-order chi connectivity index (χ0) is 14.8. The first-order chi connectivity index (χ1) is 10.2. The number of benzene rings is 1. The molecule has 21 heavy (non-hydrogen) atoms. The van der Waals surface area contributed by atoms with Crippen LogP contribution in [-0.4, -0.2) is 18.0 Å². The van der Waals surface area contributed by atoms with Gasteiger partial charge in [0.25, 0.3) is 0 Å². The molecule has 0 aliphatic heterocycles. The summed E-state index contributed by atoms with van der Waals surface area (Å²) in [7, 11) is 1.65. The summed E-state index contributed by atoms with van der Waals surface area (Å²) in [6.07, 6.45) is 2.53. The lowest BCUT2D eigenvalue weighted by Gasteiger charge is -2.04. The van der Waals surface area contributed by atoms with Crippen LogP contribution in [0.3, 0.4) is 0 Å². The summed E-state index contributed by atoms with van der Waals surface area (Å²) < 4.78 is 10.5. The summed E-state index contributed by atoms with van der Waals surface area (Å²) in [5.74, 6) is 2.49. The van der Waals surface area contributed by atoms with Crippen LogP contribution in [0.2, 0.25) is 0 Å². The fourth-order valence-electron chi connectivity index (χ4n) is 2.50. The molecule has 1 N–H and O–H groups in total. The minimum Gasteiger partial charge on any atom is -0.497 e. The summed E-state index contributed by atoms with van der Waals surface area (Å²) in [6.45, 7) is 2.17. The van der Waals surface area contributed by atoms with Gasteiger partial charge < -0.3 is 14.5 Å². The van der Waals surface area contributed by atoms with Crippen LogP contribution in [0.4, 0.5) is 0 Å². The lowest BCUT2D eigenvalue weighted by Crippen LogP contribution is -2.25. The van der Waals surface area contributed by atoms with Gasteiger partial charge in [-0.15, -0.1) is 0 Å². The minimum absolute atomic E-state index is 0.0353. The van der Waals surface area contributed by atoms with Crippen LogP contribution in [-0.2, 0) is 11.3 Å². The highest BCUT2D eigenvalue weighted by Crippen LogP contribution is 2.48. The largest absolute Gasteiger partial charge is 0.497 e. The lowest BCUT2D eigenvalue weighted by atomic mass is 10.1. The van der Waals surface area contributed by atoms with Crippen LogP contribution < -0.4 is 10.1 Å². The van der Waals surface area contributed by atoms with Crippen LogP contribution in [0, 0.1) is 12.8 Å². The third-order valence-electron chi connectivity index (χ3n) is 3.73. The molecule has 1 aliphatic carbocycles. The number of hydrogen-bond acceptors (Lipinski definition) is 4. The molecule has 0 saturated heterocycles. The van der Waals surface area contributed by atoms with Gasteiger partial charge in [-0.3, -0.25) is 4.79 Å². The molecule has 0 spiro atoms. The maximum Gasteiger partial charge on any atom is 0.224 e. The van der Waals surface area contributed by atoms with Crippen LogP contribution in [0.5, 0.6) is 5.75 Å². The van der Waals surface area contributed by atoms with E-state index >= 15 is 0 Å². The third-order valence-corrected chi connectivity index (χ3v) is 3.73. The van der Waals surface area contributed by atoms with E-state index in [-0.39, 0.29) is 17.7 Å². The van der Waals surface area contributed by atoms with Crippen LogP contribution >= 0.6 is 0 Å². The van der Waals surface area contributed by atoms with Gasteiger partial charge in [-0.1, -0.05) is 12.1 Å². The maximum absolute atomic E-state index is 12.1. The first-order valence-electron chi connectivity index (χ1n) is 7.00. The fourth-order valence-corrected chi connectivity index (χ4v) is 2.50. The number of carbonyl (C=O) groups excluding carboxylic acids is 1. The molecule has 1 amide bonds. The molecule has 1 aliphatic rings. The van der Waals surface area contributed by atoms with Crippen molar-refractivity contribution in [3.8, 4) is 5.75 Å². The molecule has 1 fully saturated rings. The number of aryl methyl sites for hydroxylation is 1. The number of nitrogens with zero attached hydrogens (tertiary/aromatic N) is 1. The van der Waals surface area contributed by atoms with Gasteiger partial charge in [-0.05, 0) is 37.0 Å². The van der Waals surface area contributed by atoms with Gasteiger partial charge in [-0.2, -0.15) is 0 Å². The summed E-state index contributed by atoms with van der Waals surface area (Å²) in [5, 5.41) is 2.88. The smallest absolute Gasteiger partial charge is 0.224 e. The molecular weight excluding hydrogens is 268 g/mol. The Balaban J connectivity index is 1.55. The van der Waals surface area contributed by atoms with Gasteiger partial charge in [0.05, 0.1) is 19.9 Å². The van der Waals surface area contributed by atoms with E-state index in [1.54, 1.807) is 13.3 Å². The Bertz CT molecular complexity index is 650. The number of methoxy groups -OCH3 is 1. The van der Waals surface area contributed by atoms with Crippen LogP contribution in [0.15, 0.2) is 34.9 Å². The van der Waals surface area contributed by atoms with E-state index in [0.29, 0.717) is 12.4 Å². The third kappa shape index (κ3) is 3.07. The van der Waals surface area contributed by atoms with Crippen molar-refractivity contribution in [1.82, 2.24) is 10.3 Å². The molecule has 0 unspecified atom stereocenters. The minimum atomic E-state index is 0.0353. The molecule has 2 atom stereocenters. The number of oxazole rings is 1. The molecule has 3 rings (SSSR count). The van der Waals surface area contributed by atoms with Crippen molar-refractivity contribution in [3.63, 3.8) is 0 Å². The molecule has 110 valence electrons. The van der Waals surface area contributed by atoms with E-state index in [0.717, 1.165) is 23.5 Å². The average Bonchev–Trinajstić information content (AvgIpc) is 3.21. The molecule has 1 heterocycles. The summed E-state index contributed by atoms with van der Waals surface area (Å²) in [6, 6.07) is 7.90. The van der Waals surface area contributed by atoms with E-state index in [2.05, 4.69) is 10.3 Å². The number of aromatic nitrogens is 1. The molecule has 1 aromatic carbocycles. The van der Waals surface area contributed by atoms with Gasteiger partial charge in [-0.25, -0.2) is 4.98 Å². The molecule has 0 bridgehead atoms. The Hall–Kier alpha value is -2.30. The first kappa shape index (κ1) is 13.7. The molecule has 1 saturated carbocycles. The van der Waals surface area contributed by atoms with E-state index in [4.69, 9.17) is 9.15 Å². The van der Waals surface area contributed by atoms with Crippen molar-refractivity contribution >= 4 is 5.91 Å². The van der Waals surface area contributed by atoms with Crippen molar-refractivity contribution in [3.05, 3.63) is 47.7 Å². The standard InChI is InChI=1S/C16H18N2O3/c1-10-8-17-15(21-10)9-18-16(19)14-7-13(14)11-4-3-5-12(6-11)20-2/h3-6,8,13-14H,7,9H2,1-2H3,(H,18,19)/t13-,14-/m1/s1. The molecular formula is C16H18N2O3. The van der Waals surface area contributed by atoms with Crippen molar-refractivity contribution in [2.75, 3.05) is 7.11 Å². The zero-order valence-corrected chi connectivity index (χ0v) is 12.1. The Morgan fingerprint density at radius 1 is 1.52 bits per heavy atom. The topological polar surface area (TPSA) is 64.4 Å². The summed E-state index contributed by atoms with van der Waals surface area (Å²) in [4.78, 5) is 16.2. The number of carbonyl (C=O) groups is 1. The van der Waals surface area contributed by atoms with Gasteiger partial charge in [0.1, 0.15) is 11.5 Å². The molecule has 5 nitrogen and oxygen atoms in total. The van der Waals surface area contributed by atoms with Crippen molar-refractivity contribution < 1.29 is 13.9 Å². The SMILES string of the molecule is COc1cccc([C@H]2C[C@H]2C(=O)NCc2ncc(C)o2)c1. The van der Waals surface area contributed by atoms with Gasteiger partial charge in [0, 0.05) is 5.92 Å². The van der Waals surface area contributed by atoms with Gasteiger partial charge in [0.2, 0.25) is 11.8 Å². The predicted octanol–water partition coefficient (Wildman–Crippen LogP) is 2.41. The Labute approximate surface area is 123 Å². The maximum atomic E-state index is 12.1. The number of ether oxygens (including phenoxy) is 1. The summed E-state index contributed by atoms with van der Waals surface area (Å²) in [5.41, 5.74) is 1.15. The number of nitrogens with one attached hydrogen (secondary N) is 1. The average molecular weight is 286 g/mol. The zero-order valence-electron chi connectivity index (χ0n) is 12.1. The highest BCUT2D eigenvalue weighted by Gasteiger charge is 2.43. The quantitative estimate of drug-likeness (QED) is 0.916. The molecule has 5 heteroatoms. The van der Waals surface area contributed by atoms with Crippen LogP contribution in [0.25, 0.3) is 0 Å². The molecule has 1 aromatic heterocycles. The van der Waals surface area contributed by atoms with Crippen molar-refractivity contribution in [1.29, 1.82) is 0 Å². The second-order valence-corrected chi connectivity index (χ2v) is 5.31. The van der Waals surface area contributed by atoms with Crippen molar-refractivity contribution in [2.24, 2.45) is 5.92 Å². The van der Waals surface area contributed by atoms with Gasteiger partial charge in [0.15, 0.2) is 0 Å². The van der Waals surface area contributed by atoms with Crippen molar-refractivity contribution in [2.45, 2.75) is 25.8 Å². The van der Waals surface area contributed by atoms with Gasteiger partial charge >= 0.3 is 0 Å². The van der Waals surface area contributed by atoms with E-state index in [1.807, 2.05) is 31.2 Å². The highest BCUT2D eigenvalue weighted by atomic mass is 16.5. The molecule has 2 aromatic rings. The fraction of sp³-hybridized carbons (Fsp3) is 0.375. The highest BCUT2D eigenvalue weighted by molar-refractivity contribution is 5.82. The van der Waals surface area contributed by atoms with E-state index in [1.165, 1.54) is 0 Å². The Kier molecular flexibility index (Phi) is 3.64. The van der Waals surface area contributed by atoms with Crippen LogP contribution in [0.1, 0.15) is 29.6 Å². The first-order valence-corrected chi connectivity index (χ1v) is 7.00.